The number of fused-ring (bicyclic) bond motifs is 1. The fourth-order valence-corrected chi connectivity index (χ4v) is 2.32. The zero-order valence-electron chi connectivity index (χ0n) is 15.3. The van der Waals surface area contributed by atoms with Gasteiger partial charge in [0.25, 0.3) is 0 Å². The first-order valence-electron chi connectivity index (χ1n) is 8.71. The third-order valence-electron chi connectivity index (χ3n) is 4.50. The van der Waals surface area contributed by atoms with Crippen LogP contribution in [-0.2, 0) is 4.79 Å². The van der Waals surface area contributed by atoms with Crippen molar-refractivity contribution < 1.29 is 9.53 Å². The lowest BCUT2D eigenvalue weighted by atomic mass is 9.91. The smallest absolute Gasteiger partial charge is 0.316 e. The maximum absolute atomic E-state index is 12.1. The molecule has 0 unspecified atom stereocenters. The predicted molar refractivity (Wildman–Crippen MR) is 104 cm³/mol. The highest BCUT2D eigenvalue weighted by atomic mass is 16.5. The minimum Gasteiger partial charge on any atom is -0.426 e. The maximum atomic E-state index is 12.1. The molecular weight excluding hydrogens is 324 g/mol. The van der Waals surface area contributed by atoms with Crippen LogP contribution in [0.1, 0.15) is 27.2 Å². The number of hydrogen-bond donors (Lipinski definition) is 0. The number of hydrogen-bond acceptors (Lipinski definition) is 4. The van der Waals surface area contributed by atoms with Gasteiger partial charge >= 0.3 is 5.97 Å². The summed E-state index contributed by atoms with van der Waals surface area (Å²) < 4.78 is 5.42. The normalized spacial score (nSPS) is 11.8. The van der Waals surface area contributed by atoms with E-state index in [0.717, 1.165) is 17.5 Å². The first kappa shape index (κ1) is 17.8. The van der Waals surface area contributed by atoms with Crippen LogP contribution in [0.15, 0.2) is 77.0 Å². The van der Waals surface area contributed by atoms with Gasteiger partial charge in [-0.05, 0) is 67.4 Å². The molecule has 0 atom stereocenters. The monoisotopic (exact) mass is 346 g/mol. The molecule has 0 spiro atoms. The lowest BCUT2D eigenvalue weighted by Crippen LogP contribution is -2.28. The van der Waals surface area contributed by atoms with Crippen LogP contribution in [-0.4, -0.2) is 5.97 Å². The fraction of sp³-hybridized carbons (Fsp3) is 0.227. The molecule has 0 aromatic heterocycles. The Morgan fingerprint density at radius 1 is 0.885 bits per heavy atom. The van der Waals surface area contributed by atoms with Gasteiger partial charge < -0.3 is 4.74 Å². The van der Waals surface area contributed by atoms with Crippen LogP contribution >= 0.6 is 0 Å². The number of esters is 1. The van der Waals surface area contributed by atoms with Gasteiger partial charge in [0.1, 0.15) is 5.75 Å². The molecule has 4 heteroatoms. The second kappa shape index (κ2) is 7.48. The molecule has 132 valence electrons. The van der Waals surface area contributed by atoms with Crippen molar-refractivity contribution in [1.82, 2.24) is 0 Å². The highest BCUT2D eigenvalue weighted by Crippen LogP contribution is 2.26. The standard InChI is InChI=1S/C22H22N2O2/c1-4-22(2,3)21(25)26-20-13-11-18(12-14-20)23-24-19-10-9-16-7-5-6-8-17(16)15-19/h5-15H,4H2,1-3H3/b24-23+. The molecule has 0 N–H and O–H groups in total. The van der Waals surface area contributed by atoms with Gasteiger partial charge in [-0.1, -0.05) is 37.3 Å². The predicted octanol–water partition coefficient (Wildman–Crippen LogP) is 6.60. The van der Waals surface area contributed by atoms with Gasteiger partial charge in [0, 0.05) is 0 Å². The first-order chi connectivity index (χ1) is 12.5. The Bertz CT molecular complexity index is 944. The van der Waals surface area contributed by atoms with Crippen LogP contribution in [0.2, 0.25) is 0 Å². The number of carbonyl (C=O) groups excluding carboxylic acids is 1. The van der Waals surface area contributed by atoms with E-state index in [1.54, 1.807) is 24.3 Å². The van der Waals surface area contributed by atoms with Gasteiger partial charge in [-0.3, -0.25) is 4.79 Å². The minimum atomic E-state index is -0.492. The zero-order valence-corrected chi connectivity index (χ0v) is 15.3. The molecule has 0 heterocycles. The first-order valence-corrected chi connectivity index (χ1v) is 8.71. The molecule has 0 fully saturated rings. The van der Waals surface area contributed by atoms with Crippen molar-refractivity contribution in [3.05, 3.63) is 66.7 Å². The Labute approximate surface area is 153 Å². The Balaban J connectivity index is 1.70. The Hall–Kier alpha value is -3.01. The van der Waals surface area contributed by atoms with E-state index in [9.17, 15) is 4.79 Å². The Morgan fingerprint density at radius 3 is 2.19 bits per heavy atom. The van der Waals surface area contributed by atoms with Crippen LogP contribution in [0, 0.1) is 5.41 Å². The average molecular weight is 346 g/mol. The summed E-state index contributed by atoms with van der Waals surface area (Å²) in [5.41, 5.74) is 1.01. The van der Waals surface area contributed by atoms with E-state index in [0.29, 0.717) is 11.4 Å². The molecule has 0 saturated heterocycles. The fourth-order valence-electron chi connectivity index (χ4n) is 2.32. The van der Waals surface area contributed by atoms with Crippen LogP contribution in [0.3, 0.4) is 0 Å². The third-order valence-corrected chi connectivity index (χ3v) is 4.50. The molecule has 3 aromatic carbocycles. The molecule has 3 rings (SSSR count). The Morgan fingerprint density at radius 2 is 1.50 bits per heavy atom. The molecule has 0 amide bonds. The van der Waals surface area contributed by atoms with Crippen molar-refractivity contribution in [2.75, 3.05) is 0 Å². The second-order valence-corrected chi connectivity index (χ2v) is 6.85. The summed E-state index contributed by atoms with van der Waals surface area (Å²) in [4.78, 5) is 12.1. The summed E-state index contributed by atoms with van der Waals surface area (Å²) in [6, 6.07) is 21.1. The number of ether oxygens (including phenoxy) is 1. The van der Waals surface area contributed by atoms with Crippen LogP contribution in [0.5, 0.6) is 5.75 Å². The average Bonchev–Trinajstić information content (AvgIpc) is 2.67. The highest BCUT2D eigenvalue weighted by Gasteiger charge is 2.27. The molecule has 0 aliphatic carbocycles. The lowest BCUT2D eigenvalue weighted by molar-refractivity contribution is -0.144. The summed E-state index contributed by atoms with van der Waals surface area (Å²) in [6.45, 7) is 5.72. The summed E-state index contributed by atoms with van der Waals surface area (Å²) in [7, 11) is 0. The number of carbonyl (C=O) groups is 1. The zero-order chi connectivity index (χ0) is 18.6. The molecule has 0 bridgehead atoms. The summed E-state index contributed by atoms with van der Waals surface area (Å²) in [5.74, 6) is 0.284. The minimum absolute atomic E-state index is 0.231. The maximum Gasteiger partial charge on any atom is 0.316 e. The van der Waals surface area contributed by atoms with Gasteiger partial charge in [0.05, 0.1) is 16.8 Å². The molecular formula is C22H22N2O2. The SMILES string of the molecule is CCC(C)(C)C(=O)Oc1ccc(/N=N/c2ccc3ccccc3c2)cc1. The van der Waals surface area contributed by atoms with Crippen LogP contribution in [0.25, 0.3) is 10.8 Å². The van der Waals surface area contributed by atoms with Crippen LogP contribution in [0.4, 0.5) is 11.4 Å². The number of azo groups is 1. The van der Waals surface area contributed by atoms with Crippen molar-refractivity contribution in [3.63, 3.8) is 0 Å². The molecule has 4 nitrogen and oxygen atoms in total. The third kappa shape index (κ3) is 4.14. The van der Waals surface area contributed by atoms with Gasteiger partial charge in [-0.25, -0.2) is 0 Å². The molecule has 26 heavy (non-hydrogen) atoms. The topological polar surface area (TPSA) is 51.0 Å². The van der Waals surface area contributed by atoms with Gasteiger partial charge in [-0.2, -0.15) is 10.2 Å². The van der Waals surface area contributed by atoms with Crippen molar-refractivity contribution in [2.24, 2.45) is 15.6 Å². The van der Waals surface area contributed by atoms with E-state index in [1.807, 2.05) is 51.1 Å². The van der Waals surface area contributed by atoms with Crippen molar-refractivity contribution in [3.8, 4) is 5.75 Å². The van der Waals surface area contributed by atoms with Gasteiger partial charge in [-0.15, -0.1) is 0 Å². The van der Waals surface area contributed by atoms with Gasteiger partial charge in [0.2, 0.25) is 0 Å². The number of benzene rings is 3. The molecule has 0 aliphatic rings. The summed E-state index contributed by atoms with van der Waals surface area (Å²) in [5, 5.41) is 10.8. The summed E-state index contributed by atoms with van der Waals surface area (Å²) >= 11 is 0. The quantitative estimate of drug-likeness (QED) is 0.297. The van der Waals surface area contributed by atoms with Crippen molar-refractivity contribution >= 4 is 28.1 Å². The van der Waals surface area contributed by atoms with E-state index in [-0.39, 0.29) is 5.97 Å². The van der Waals surface area contributed by atoms with E-state index in [1.165, 1.54) is 5.39 Å². The van der Waals surface area contributed by atoms with E-state index >= 15 is 0 Å². The summed E-state index contributed by atoms with van der Waals surface area (Å²) in [6.07, 6.45) is 0.726. The Kier molecular flexibility index (Phi) is 5.12. The van der Waals surface area contributed by atoms with E-state index in [2.05, 4.69) is 22.4 Å². The molecule has 0 radical (unpaired) electrons. The largest absolute Gasteiger partial charge is 0.426 e. The number of rotatable bonds is 5. The van der Waals surface area contributed by atoms with Gasteiger partial charge in [0.15, 0.2) is 0 Å². The lowest BCUT2D eigenvalue weighted by Gasteiger charge is -2.19. The molecule has 0 aliphatic heterocycles. The molecule has 3 aromatic rings. The molecule has 0 saturated carbocycles. The van der Waals surface area contributed by atoms with E-state index < -0.39 is 5.41 Å². The van der Waals surface area contributed by atoms with Crippen molar-refractivity contribution in [2.45, 2.75) is 27.2 Å². The van der Waals surface area contributed by atoms with E-state index in [4.69, 9.17) is 4.74 Å². The number of nitrogens with zero attached hydrogens (tertiary/aromatic N) is 2. The second-order valence-electron chi connectivity index (χ2n) is 6.85. The van der Waals surface area contributed by atoms with Crippen LogP contribution < -0.4 is 4.74 Å². The highest BCUT2D eigenvalue weighted by molar-refractivity contribution is 5.85. The van der Waals surface area contributed by atoms with Crippen molar-refractivity contribution in [1.29, 1.82) is 0 Å².